The first-order valence-electron chi connectivity index (χ1n) is 11.1. The van der Waals surface area contributed by atoms with Crippen LogP contribution in [0.5, 0.6) is 0 Å². The number of anilines is 2. The zero-order chi connectivity index (χ0) is 27.0. The first kappa shape index (κ1) is 25.3. The predicted octanol–water partition coefficient (Wildman–Crippen LogP) is 4.40. The first-order valence-corrected chi connectivity index (χ1v) is 11.5. The summed E-state index contributed by atoms with van der Waals surface area (Å²) in [7, 11) is 0. The van der Waals surface area contributed by atoms with Crippen LogP contribution in [0.15, 0.2) is 35.4 Å². The maximum atomic E-state index is 14.1. The van der Waals surface area contributed by atoms with Crippen LogP contribution in [0.1, 0.15) is 41.7 Å². The van der Waals surface area contributed by atoms with Gasteiger partial charge in [0.1, 0.15) is 34.8 Å². The van der Waals surface area contributed by atoms with Crippen molar-refractivity contribution in [2.24, 2.45) is 0 Å². The van der Waals surface area contributed by atoms with Gasteiger partial charge in [0.25, 0.3) is 11.5 Å². The van der Waals surface area contributed by atoms with E-state index in [0.29, 0.717) is 21.5 Å². The smallest absolute Gasteiger partial charge is 0.383 e. The van der Waals surface area contributed by atoms with E-state index in [1.54, 1.807) is 25.1 Å². The zero-order valence-electron chi connectivity index (χ0n) is 19.1. The molecule has 5 rings (SSSR count). The molecule has 8 nitrogen and oxygen atoms in total. The summed E-state index contributed by atoms with van der Waals surface area (Å²) in [6, 6.07) is 6.29. The second kappa shape index (κ2) is 8.09. The lowest BCUT2D eigenvalue weighted by Gasteiger charge is -2.45. The fourth-order valence-electron chi connectivity index (χ4n) is 5.11. The van der Waals surface area contributed by atoms with Gasteiger partial charge in [0.2, 0.25) is 0 Å². The van der Waals surface area contributed by atoms with Crippen molar-refractivity contribution in [3.05, 3.63) is 57.2 Å². The SMILES string of the molecule is Cc1cc(Nc2ncnc3ccc(Cl)cc23)c(=O)n2c1C(=O)N[C@]21CC[C@@](O)(C(F)(F)C(F)(F)F)CC1. The molecule has 1 aliphatic carbocycles. The van der Waals surface area contributed by atoms with Crippen LogP contribution in [-0.2, 0) is 5.66 Å². The summed E-state index contributed by atoms with van der Waals surface area (Å²) in [5.74, 6) is -5.81. The maximum absolute atomic E-state index is 14.1. The van der Waals surface area contributed by atoms with Crippen molar-refractivity contribution in [2.75, 3.05) is 5.32 Å². The number of pyridine rings is 1. The van der Waals surface area contributed by atoms with E-state index in [0.717, 1.165) is 4.57 Å². The van der Waals surface area contributed by atoms with Crippen LogP contribution in [0.2, 0.25) is 5.02 Å². The average molecular weight is 544 g/mol. The Hall–Kier alpha value is -3.32. The third-order valence-electron chi connectivity index (χ3n) is 7.08. The lowest BCUT2D eigenvalue weighted by molar-refractivity contribution is -0.349. The molecule has 1 fully saturated rings. The second-order valence-corrected chi connectivity index (χ2v) is 9.76. The molecule has 2 aromatic heterocycles. The number of hydrogen-bond donors (Lipinski definition) is 3. The van der Waals surface area contributed by atoms with E-state index in [4.69, 9.17) is 11.6 Å². The number of hydrogen-bond acceptors (Lipinski definition) is 6. The molecule has 1 aliphatic heterocycles. The van der Waals surface area contributed by atoms with Crippen LogP contribution < -0.4 is 16.2 Å². The molecule has 3 heterocycles. The third kappa shape index (κ3) is 3.74. The maximum Gasteiger partial charge on any atom is 0.456 e. The van der Waals surface area contributed by atoms with Crippen molar-refractivity contribution in [1.29, 1.82) is 0 Å². The molecule has 1 amide bonds. The summed E-state index contributed by atoms with van der Waals surface area (Å²) in [6.45, 7) is 1.56. The quantitative estimate of drug-likeness (QED) is 0.423. The molecule has 196 valence electrons. The zero-order valence-corrected chi connectivity index (χ0v) is 19.8. The highest BCUT2D eigenvalue weighted by molar-refractivity contribution is 6.31. The van der Waals surface area contributed by atoms with Gasteiger partial charge in [-0.15, -0.1) is 0 Å². The Morgan fingerprint density at radius 3 is 2.41 bits per heavy atom. The summed E-state index contributed by atoms with van der Waals surface area (Å²) in [4.78, 5) is 34.7. The van der Waals surface area contributed by atoms with Crippen LogP contribution in [0.4, 0.5) is 33.5 Å². The van der Waals surface area contributed by atoms with Crippen molar-refractivity contribution < 1.29 is 31.9 Å². The van der Waals surface area contributed by atoms with Gasteiger partial charge in [-0.2, -0.15) is 22.0 Å². The van der Waals surface area contributed by atoms with Crippen LogP contribution in [0.25, 0.3) is 10.9 Å². The van der Waals surface area contributed by atoms with Gasteiger partial charge in [-0.1, -0.05) is 11.6 Å². The van der Waals surface area contributed by atoms with Gasteiger partial charge in [0.05, 0.1) is 5.52 Å². The van der Waals surface area contributed by atoms with Crippen molar-refractivity contribution in [3.8, 4) is 0 Å². The molecule has 3 aromatic rings. The average Bonchev–Trinajstić information content (AvgIpc) is 3.11. The number of aromatic nitrogens is 3. The summed E-state index contributed by atoms with van der Waals surface area (Å²) in [6.07, 6.45) is -7.75. The van der Waals surface area contributed by atoms with E-state index >= 15 is 0 Å². The van der Waals surface area contributed by atoms with Crippen LogP contribution in [0.3, 0.4) is 0 Å². The minimum Gasteiger partial charge on any atom is -0.383 e. The minimum atomic E-state index is -5.96. The van der Waals surface area contributed by atoms with Crippen molar-refractivity contribution >= 4 is 39.9 Å². The molecule has 2 aliphatic rings. The van der Waals surface area contributed by atoms with Gasteiger partial charge in [0, 0.05) is 10.4 Å². The number of fused-ring (bicyclic) bond motifs is 3. The number of benzene rings is 1. The van der Waals surface area contributed by atoms with Gasteiger partial charge < -0.3 is 15.7 Å². The molecule has 3 N–H and O–H groups in total. The number of carbonyl (C=O) groups excluding carboxylic acids is 1. The Balaban J connectivity index is 1.56. The molecular weight excluding hydrogens is 525 g/mol. The van der Waals surface area contributed by atoms with Crippen LogP contribution >= 0.6 is 11.6 Å². The van der Waals surface area contributed by atoms with Crippen LogP contribution in [0, 0.1) is 6.92 Å². The van der Waals surface area contributed by atoms with Gasteiger partial charge in [0.15, 0.2) is 0 Å². The van der Waals surface area contributed by atoms with E-state index in [-0.39, 0.29) is 17.2 Å². The fraction of sp³-hybridized carbons (Fsp3) is 0.391. The Bertz CT molecular complexity index is 1500. The number of aryl methyl sites for hydroxylation is 1. The molecule has 1 aromatic carbocycles. The van der Waals surface area contributed by atoms with Crippen LogP contribution in [-0.4, -0.2) is 43.2 Å². The standard InChI is InChI=1S/C23H19ClF5N5O3/c1-11-8-15(32-17-13-9-12(24)2-3-14(13)30-10-31-17)19(36)34-16(11)18(35)33-21(34)6-4-20(37,5-7-21)22(25,26)23(27,28)29/h2-3,8-10,37H,4-7H2,1H3,(H,33,35)(H,30,31,32)/t20-,21+. The first-order chi connectivity index (χ1) is 17.2. The highest BCUT2D eigenvalue weighted by Gasteiger charge is 2.71. The summed E-state index contributed by atoms with van der Waals surface area (Å²) >= 11 is 6.08. The third-order valence-corrected chi connectivity index (χ3v) is 7.31. The molecule has 1 saturated carbocycles. The topological polar surface area (TPSA) is 109 Å². The lowest BCUT2D eigenvalue weighted by Crippen LogP contribution is -2.62. The highest BCUT2D eigenvalue weighted by atomic mass is 35.5. The van der Waals surface area contributed by atoms with Gasteiger partial charge >= 0.3 is 12.1 Å². The Kier molecular flexibility index (Phi) is 5.54. The molecule has 0 atom stereocenters. The fourth-order valence-corrected chi connectivity index (χ4v) is 5.28. The molecule has 14 heteroatoms. The van der Waals surface area contributed by atoms with E-state index in [1.807, 2.05) is 0 Å². The summed E-state index contributed by atoms with van der Waals surface area (Å²) in [5.41, 5.74) is -4.85. The molecule has 0 saturated heterocycles. The van der Waals surface area contributed by atoms with Crippen molar-refractivity contribution in [1.82, 2.24) is 19.9 Å². The molecule has 37 heavy (non-hydrogen) atoms. The van der Waals surface area contributed by atoms with E-state index in [1.165, 1.54) is 12.4 Å². The molecule has 0 unspecified atom stereocenters. The minimum absolute atomic E-state index is 0.0152. The van der Waals surface area contributed by atoms with Gasteiger partial charge in [-0.25, -0.2) is 9.97 Å². The van der Waals surface area contributed by atoms with Gasteiger partial charge in [-0.3, -0.25) is 14.2 Å². The Labute approximate surface area is 210 Å². The van der Waals surface area contributed by atoms with E-state index in [2.05, 4.69) is 20.6 Å². The molecular formula is C23H19ClF5N5O3. The number of aliphatic hydroxyl groups is 1. The number of halogens is 6. The Morgan fingerprint density at radius 1 is 1.08 bits per heavy atom. The molecule has 0 radical (unpaired) electrons. The largest absolute Gasteiger partial charge is 0.456 e. The normalized spacial score (nSPS) is 23.8. The number of nitrogens with one attached hydrogen (secondary N) is 2. The number of amides is 1. The van der Waals surface area contributed by atoms with E-state index < -0.39 is 60.5 Å². The van der Waals surface area contributed by atoms with Crippen molar-refractivity contribution in [3.63, 3.8) is 0 Å². The molecule has 0 bridgehead atoms. The number of alkyl halides is 5. The van der Waals surface area contributed by atoms with E-state index in [9.17, 15) is 36.6 Å². The second-order valence-electron chi connectivity index (χ2n) is 9.33. The van der Waals surface area contributed by atoms with Gasteiger partial charge in [-0.05, 0) is 62.4 Å². The van der Waals surface area contributed by atoms with Crippen molar-refractivity contribution in [2.45, 2.75) is 56.0 Å². The summed E-state index contributed by atoms with van der Waals surface area (Å²) < 4.78 is 68.2. The lowest BCUT2D eigenvalue weighted by atomic mass is 9.74. The number of nitrogens with zero attached hydrogens (tertiary/aromatic N) is 3. The monoisotopic (exact) mass is 543 g/mol. The highest BCUT2D eigenvalue weighted by Crippen LogP contribution is 2.52. The number of carbonyl (C=O) groups is 1. The summed E-state index contributed by atoms with van der Waals surface area (Å²) in [5, 5.41) is 16.7. The predicted molar refractivity (Wildman–Crippen MR) is 123 cm³/mol. The Morgan fingerprint density at radius 2 is 1.76 bits per heavy atom. The number of rotatable bonds is 3. The molecule has 1 spiro atoms.